The highest BCUT2D eigenvalue weighted by Crippen LogP contribution is 2.32. The van der Waals surface area contributed by atoms with Gasteiger partial charge in [0.1, 0.15) is 17.9 Å². The lowest BCUT2D eigenvalue weighted by atomic mass is 9.87. The molecule has 1 heterocycles. The zero-order valence-corrected chi connectivity index (χ0v) is 15.5. The number of imide groups is 1. The minimum atomic E-state index is -0.990. The van der Waals surface area contributed by atoms with Gasteiger partial charge in [0, 0.05) is 4.47 Å². The molecule has 1 saturated heterocycles. The summed E-state index contributed by atoms with van der Waals surface area (Å²) in [6, 6.07) is 16.4. The van der Waals surface area contributed by atoms with E-state index in [2.05, 4.69) is 21.2 Å². The highest BCUT2D eigenvalue weighted by atomic mass is 79.9. The zero-order valence-electron chi connectivity index (χ0n) is 13.9. The first-order chi connectivity index (χ1) is 12.1. The van der Waals surface area contributed by atoms with Crippen LogP contribution >= 0.6 is 15.9 Å². The Morgan fingerprint density at radius 2 is 1.76 bits per heavy atom. The Balaban J connectivity index is 1.69. The molecule has 5 nitrogen and oxygen atoms in total. The molecule has 3 amide bonds. The van der Waals surface area contributed by atoms with Crippen molar-refractivity contribution in [2.24, 2.45) is 0 Å². The first-order valence-electron chi connectivity index (χ1n) is 8.15. The highest BCUT2D eigenvalue weighted by molar-refractivity contribution is 9.10. The lowest BCUT2D eigenvalue weighted by molar-refractivity contribution is -0.132. The minimum absolute atomic E-state index is 0.204. The van der Waals surface area contributed by atoms with Crippen LogP contribution < -0.4 is 10.1 Å². The molecule has 3 rings (SSSR count). The van der Waals surface area contributed by atoms with Crippen molar-refractivity contribution in [2.45, 2.75) is 18.9 Å². The maximum Gasteiger partial charge on any atom is 0.325 e. The van der Waals surface area contributed by atoms with Gasteiger partial charge in [0.2, 0.25) is 0 Å². The van der Waals surface area contributed by atoms with E-state index in [1.807, 2.05) is 61.5 Å². The van der Waals surface area contributed by atoms with Crippen molar-refractivity contribution in [3.63, 3.8) is 0 Å². The van der Waals surface area contributed by atoms with E-state index in [1.54, 1.807) is 0 Å². The second kappa shape index (κ2) is 7.27. The number of benzene rings is 2. The fraction of sp³-hybridized carbons (Fsp3) is 0.263. The number of urea groups is 1. The zero-order chi connectivity index (χ0) is 17.9. The van der Waals surface area contributed by atoms with Crippen LogP contribution in [0.4, 0.5) is 4.79 Å². The van der Waals surface area contributed by atoms with Crippen molar-refractivity contribution in [2.75, 3.05) is 13.2 Å². The molecule has 2 aromatic carbocycles. The third-order valence-electron chi connectivity index (χ3n) is 4.37. The SMILES string of the molecule is CCC1(c2ccccc2)NC(=O)N(CCOc2ccc(Br)cc2)C1=O. The summed E-state index contributed by atoms with van der Waals surface area (Å²) >= 11 is 3.36. The average Bonchev–Trinajstić information content (AvgIpc) is 2.89. The van der Waals surface area contributed by atoms with Crippen LogP contribution in [-0.4, -0.2) is 30.0 Å². The van der Waals surface area contributed by atoms with Gasteiger partial charge in [0.15, 0.2) is 0 Å². The molecule has 2 aromatic rings. The molecule has 0 bridgehead atoms. The molecule has 0 spiro atoms. The average molecular weight is 403 g/mol. The summed E-state index contributed by atoms with van der Waals surface area (Å²) in [5.74, 6) is 0.464. The van der Waals surface area contributed by atoms with E-state index in [0.29, 0.717) is 12.2 Å². The third-order valence-corrected chi connectivity index (χ3v) is 4.90. The van der Waals surface area contributed by atoms with Gasteiger partial charge in [0.05, 0.1) is 6.54 Å². The molecule has 1 N–H and O–H groups in total. The van der Waals surface area contributed by atoms with E-state index in [1.165, 1.54) is 4.90 Å². The lowest BCUT2D eigenvalue weighted by Crippen LogP contribution is -2.43. The van der Waals surface area contributed by atoms with Crippen molar-refractivity contribution < 1.29 is 14.3 Å². The Kier molecular flexibility index (Phi) is 5.08. The van der Waals surface area contributed by atoms with E-state index in [9.17, 15) is 9.59 Å². The quantitative estimate of drug-likeness (QED) is 0.749. The third kappa shape index (κ3) is 3.39. The van der Waals surface area contributed by atoms with Crippen molar-refractivity contribution in [1.29, 1.82) is 0 Å². The number of nitrogens with one attached hydrogen (secondary N) is 1. The molecule has 0 aromatic heterocycles. The monoisotopic (exact) mass is 402 g/mol. The molecule has 1 aliphatic heterocycles. The first-order valence-corrected chi connectivity index (χ1v) is 8.94. The van der Waals surface area contributed by atoms with Gasteiger partial charge in [0.25, 0.3) is 5.91 Å². The van der Waals surface area contributed by atoms with Gasteiger partial charge in [-0.05, 0) is 36.2 Å². The topological polar surface area (TPSA) is 58.6 Å². The number of ether oxygens (including phenoxy) is 1. The van der Waals surface area contributed by atoms with Gasteiger partial charge in [-0.15, -0.1) is 0 Å². The molecule has 6 heteroatoms. The molecule has 0 radical (unpaired) electrons. The van der Waals surface area contributed by atoms with E-state index < -0.39 is 5.54 Å². The molecular weight excluding hydrogens is 384 g/mol. The van der Waals surface area contributed by atoms with Crippen LogP contribution in [0.1, 0.15) is 18.9 Å². The van der Waals surface area contributed by atoms with Crippen LogP contribution in [0, 0.1) is 0 Å². The van der Waals surface area contributed by atoms with Gasteiger partial charge >= 0.3 is 6.03 Å². The molecule has 1 fully saturated rings. The summed E-state index contributed by atoms with van der Waals surface area (Å²) in [5, 5.41) is 2.87. The number of carbonyl (C=O) groups is 2. The summed E-state index contributed by atoms with van der Waals surface area (Å²) in [5.41, 5.74) is -0.192. The predicted octanol–water partition coefficient (Wildman–Crippen LogP) is 3.69. The predicted molar refractivity (Wildman–Crippen MR) is 98.3 cm³/mol. The van der Waals surface area contributed by atoms with Crippen LogP contribution in [0.15, 0.2) is 59.1 Å². The van der Waals surface area contributed by atoms with Gasteiger partial charge in [-0.1, -0.05) is 53.2 Å². The maximum absolute atomic E-state index is 12.9. The van der Waals surface area contributed by atoms with Crippen LogP contribution in [0.2, 0.25) is 0 Å². The second-order valence-corrected chi connectivity index (χ2v) is 6.73. The minimum Gasteiger partial charge on any atom is -0.492 e. The Hall–Kier alpha value is -2.34. The van der Waals surface area contributed by atoms with Gasteiger partial charge in [-0.2, -0.15) is 0 Å². The fourth-order valence-electron chi connectivity index (χ4n) is 2.98. The molecule has 25 heavy (non-hydrogen) atoms. The second-order valence-electron chi connectivity index (χ2n) is 5.81. The number of carbonyl (C=O) groups excluding carboxylic acids is 2. The molecule has 130 valence electrons. The number of rotatable bonds is 6. The Labute approximate surface area is 155 Å². The van der Waals surface area contributed by atoms with Crippen LogP contribution in [0.5, 0.6) is 5.75 Å². The van der Waals surface area contributed by atoms with Crippen molar-refractivity contribution in [1.82, 2.24) is 10.2 Å². The van der Waals surface area contributed by atoms with Crippen LogP contribution in [-0.2, 0) is 10.3 Å². The lowest BCUT2D eigenvalue weighted by Gasteiger charge is -2.25. The van der Waals surface area contributed by atoms with E-state index in [0.717, 1.165) is 10.0 Å². The Morgan fingerprint density at radius 1 is 1.08 bits per heavy atom. The summed E-state index contributed by atoms with van der Waals surface area (Å²) in [6.45, 7) is 2.34. The van der Waals surface area contributed by atoms with Crippen molar-refractivity contribution in [3.05, 3.63) is 64.6 Å². The molecular formula is C19H19BrN2O3. The highest BCUT2D eigenvalue weighted by Gasteiger charge is 2.50. The summed E-state index contributed by atoms with van der Waals surface area (Å²) in [4.78, 5) is 26.5. The standard InChI is InChI=1S/C19H19BrN2O3/c1-2-19(14-6-4-3-5-7-14)17(23)22(18(24)21-19)12-13-25-16-10-8-15(20)9-11-16/h3-11H,2,12-13H2,1H3,(H,21,24). The Morgan fingerprint density at radius 3 is 2.40 bits per heavy atom. The van der Waals surface area contributed by atoms with E-state index in [4.69, 9.17) is 4.74 Å². The summed E-state index contributed by atoms with van der Waals surface area (Å²) in [6.07, 6.45) is 0.492. The molecule has 1 aliphatic rings. The van der Waals surface area contributed by atoms with Crippen molar-refractivity contribution >= 4 is 27.9 Å². The maximum atomic E-state index is 12.9. The van der Waals surface area contributed by atoms with Gasteiger partial charge < -0.3 is 10.1 Å². The number of nitrogens with zero attached hydrogens (tertiary/aromatic N) is 1. The van der Waals surface area contributed by atoms with Crippen LogP contribution in [0.25, 0.3) is 0 Å². The normalized spacial score (nSPS) is 19.8. The fourth-order valence-corrected chi connectivity index (χ4v) is 3.24. The molecule has 0 aliphatic carbocycles. The molecule has 1 unspecified atom stereocenters. The number of halogens is 1. The van der Waals surface area contributed by atoms with E-state index >= 15 is 0 Å². The summed E-state index contributed by atoms with van der Waals surface area (Å²) in [7, 11) is 0. The smallest absolute Gasteiger partial charge is 0.325 e. The molecule has 1 atom stereocenters. The Bertz CT molecular complexity index is 764. The summed E-state index contributed by atoms with van der Waals surface area (Å²) < 4.78 is 6.59. The number of hydrogen-bond acceptors (Lipinski definition) is 3. The van der Waals surface area contributed by atoms with Crippen molar-refractivity contribution in [3.8, 4) is 5.75 Å². The van der Waals surface area contributed by atoms with Crippen LogP contribution in [0.3, 0.4) is 0 Å². The van der Waals surface area contributed by atoms with Gasteiger partial charge in [-0.3, -0.25) is 9.69 Å². The number of amides is 3. The largest absolute Gasteiger partial charge is 0.492 e. The van der Waals surface area contributed by atoms with E-state index in [-0.39, 0.29) is 25.1 Å². The number of hydrogen-bond donors (Lipinski definition) is 1. The van der Waals surface area contributed by atoms with Gasteiger partial charge in [-0.25, -0.2) is 4.79 Å². The first kappa shape index (κ1) is 17.5. The molecule has 0 saturated carbocycles.